The fraction of sp³-hybridized carbons (Fsp3) is 0. The minimum absolute atomic E-state index is 0.500. The molecule has 0 saturated heterocycles. The van der Waals surface area contributed by atoms with Gasteiger partial charge in [-0.1, -0.05) is 12.1 Å². The van der Waals surface area contributed by atoms with Gasteiger partial charge >= 0.3 is 20.8 Å². The first-order valence-corrected chi connectivity index (χ1v) is 9.26. The number of rotatable bonds is 5. The summed E-state index contributed by atoms with van der Waals surface area (Å²) in [5, 5.41) is -0.500. The topological polar surface area (TPSA) is 157 Å². The van der Waals surface area contributed by atoms with E-state index in [1.54, 1.807) is 0 Å². The van der Waals surface area contributed by atoms with E-state index in [9.17, 15) is 21.6 Å². The Bertz CT molecular complexity index is 1570. The average molecular weight is 420 g/mol. The van der Waals surface area contributed by atoms with Gasteiger partial charge in [0.2, 0.25) is 0 Å². The molecule has 0 radical (unpaired) electrons. The molecular weight excluding hydrogens is 404 g/mol. The van der Waals surface area contributed by atoms with E-state index in [1.807, 2.05) is 0 Å². The molecule has 3 aromatic rings. The van der Waals surface area contributed by atoms with Crippen molar-refractivity contribution in [2.75, 3.05) is 0 Å². The smallest absolute Gasteiger partial charge is 0.446 e. The van der Waals surface area contributed by atoms with Crippen molar-refractivity contribution in [1.29, 1.82) is 0 Å². The second-order valence-electron chi connectivity index (χ2n) is 4.69. The van der Waals surface area contributed by atoms with Crippen LogP contribution in [0.2, 0.25) is 0 Å². The van der Waals surface area contributed by atoms with Crippen LogP contribution in [0.15, 0.2) is 57.8 Å². The van der Waals surface area contributed by atoms with E-state index in [-0.39, 0.29) is 0 Å². The van der Waals surface area contributed by atoms with Crippen molar-refractivity contribution in [2.24, 2.45) is 0 Å². The molecule has 0 bridgehead atoms. The molecule has 0 fully saturated rings. The lowest BCUT2D eigenvalue weighted by Crippen LogP contribution is -2.08. The van der Waals surface area contributed by atoms with Crippen LogP contribution in [-0.2, 0) is 20.8 Å². The van der Waals surface area contributed by atoms with Gasteiger partial charge in [-0.3, -0.25) is 13.9 Å². The van der Waals surface area contributed by atoms with Crippen LogP contribution in [0.3, 0.4) is 0 Å². The third-order valence-corrected chi connectivity index (χ3v) is 3.61. The molecule has 1 aromatic heterocycles. The lowest BCUT2D eigenvalue weighted by molar-refractivity contribution is 0.384. The molecule has 0 aliphatic heterocycles. The Balaban J connectivity index is 2.33. The number of benzene rings is 2. The Labute approximate surface area is 160 Å². The summed E-state index contributed by atoms with van der Waals surface area (Å²) in [6.07, 6.45) is 0.636. The maximum absolute atomic E-state index is 13.0. The zero-order valence-corrected chi connectivity index (χ0v) is 14.3. The van der Waals surface area contributed by atoms with Crippen LogP contribution in [-0.4, -0.2) is 25.9 Å². The first-order chi connectivity index (χ1) is 15.0. The van der Waals surface area contributed by atoms with Gasteiger partial charge in [-0.25, -0.2) is 0 Å². The maximum atomic E-state index is 13.0. The van der Waals surface area contributed by atoms with Gasteiger partial charge in [0.1, 0.15) is 23.3 Å². The normalized spacial score (nSPS) is 15.2. The highest BCUT2D eigenvalue weighted by Crippen LogP contribution is 2.25. The van der Waals surface area contributed by atoms with Crippen molar-refractivity contribution in [1.82, 2.24) is 0 Å². The SMILES string of the molecule is [2H]c1cc2c(=O)c(-c3c([2H])c([2H])c(OS(=O)(=O)O)c([2H])c3[2H])coc2c([2H])c1OS(=O)(=O)O. The summed E-state index contributed by atoms with van der Waals surface area (Å²) in [6, 6.07) is -4.96. The fourth-order valence-electron chi connectivity index (χ4n) is 1.89. The molecule has 142 valence electrons. The molecule has 10 nitrogen and oxygen atoms in total. The molecule has 3 rings (SSSR count). The second-order valence-corrected chi connectivity index (χ2v) is 6.73. The molecule has 12 heteroatoms. The largest absolute Gasteiger partial charge is 0.463 e. The Kier molecular flexibility index (Phi) is 3.07. The van der Waals surface area contributed by atoms with Crippen LogP contribution in [0.5, 0.6) is 11.5 Å². The molecule has 2 N–H and O–H groups in total. The van der Waals surface area contributed by atoms with Crippen LogP contribution >= 0.6 is 0 Å². The minimum Gasteiger partial charge on any atom is -0.463 e. The maximum Gasteiger partial charge on any atom is 0.446 e. The minimum atomic E-state index is -5.20. The van der Waals surface area contributed by atoms with Crippen molar-refractivity contribution >= 4 is 31.8 Å². The summed E-state index contributed by atoms with van der Waals surface area (Å²) in [6.45, 7) is 0. The van der Waals surface area contributed by atoms with E-state index in [0.717, 1.165) is 6.07 Å². The lowest BCUT2D eigenvalue weighted by Gasteiger charge is -2.06. The molecule has 27 heavy (non-hydrogen) atoms. The van der Waals surface area contributed by atoms with E-state index in [0.29, 0.717) is 6.26 Å². The summed E-state index contributed by atoms with van der Waals surface area (Å²) >= 11 is 0. The zero-order chi connectivity index (χ0) is 25.0. The highest BCUT2D eigenvalue weighted by Gasteiger charge is 2.13. The molecule has 0 unspecified atom stereocenters. The predicted octanol–water partition coefficient (Wildman–Crippen LogP) is 1.82. The van der Waals surface area contributed by atoms with E-state index in [2.05, 4.69) is 8.37 Å². The van der Waals surface area contributed by atoms with Crippen LogP contribution in [0, 0.1) is 0 Å². The summed E-state index contributed by atoms with van der Waals surface area (Å²) in [5.41, 5.74) is -2.87. The monoisotopic (exact) mass is 420 g/mol. The molecule has 0 saturated carbocycles. The molecule has 0 amide bonds. The van der Waals surface area contributed by atoms with E-state index in [4.69, 9.17) is 21.7 Å². The molecule has 0 atom stereocenters. The average Bonchev–Trinajstić information content (AvgIpc) is 2.68. The number of hydrogen-bond acceptors (Lipinski definition) is 8. The summed E-state index contributed by atoms with van der Waals surface area (Å²) in [5.74, 6) is -2.08. The summed E-state index contributed by atoms with van der Waals surface area (Å²) in [7, 11) is -10.3. The van der Waals surface area contributed by atoms with Crippen molar-refractivity contribution in [3.05, 3.63) is 58.8 Å². The van der Waals surface area contributed by atoms with Crippen LogP contribution in [0.1, 0.15) is 8.22 Å². The van der Waals surface area contributed by atoms with Crippen molar-refractivity contribution in [3.63, 3.8) is 0 Å². The number of fused-ring (bicyclic) bond motifs is 1. The quantitative estimate of drug-likeness (QED) is 0.583. The summed E-state index contributed by atoms with van der Waals surface area (Å²) < 4.78 is 122. The van der Waals surface area contributed by atoms with Gasteiger partial charge in [-0.05, 0) is 29.8 Å². The van der Waals surface area contributed by atoms with Crippen molar-refractivity contribution < 1.29 is 46.9 Å². The van der Waals surface area contributed by atoms with E-state index < -0.39 is 96.1 Å². The lowest BCUT2D eigenvalue weighted by atomic mass is 10.1. The second kappa shape index (κ2) is 6.66. The molecule has 0 aliphatic rings. The van der Waals surface area contributed by atoms with Gasteiger partial charge in [0.05, 0.1) is 19.2 Å². The molecular formula is C15H10O10S2. The molecule has 2 aromatic carbocycles. The van der Waals surface area contributed by atoms with Crippen LogP contribution in [0.4, 0.5) is 0 Å². The van der Waals surface area contributed by atoms with Gasteiger partial charge in [-0.15, -0.1) is 0 Å². The highest BCUT2D eigenvalue weighted by molar-refractivity contribution is 7.81. The van der Waals surface area contributed by atoms with Gasteiger partial charge in [0.25, 0.3) is 0 Å². The Morgan fingerprint density at radius 2 is 1.52 bits per heavy atom. The summed E-state index contributed by atoms with van der Waals surface area (Å²) in [4.78, 5) is 13.0. The number of hydrogen-bond donors (Lipinski definition) is 2. The van der Waals surface area contributed by atoms with Crippen molar-refractivity contribution in [2.45, 2.75) is 0 Å². The predicted molar refractivity (Wildman–Crippen MR) is 92.3 cm³/mol. The first-order valence-electron chi connectivity index (χ1n) is 9.53. The Morgan fingerprint density at radius 1 is 0.926 bits per heavy atom. The van der Waals surface area contributed by atoms with Gasteiger partial charge in [-0.2, -0.15) is 16.8 Å². The zero-order valence-electron chi connectivity index (χ0n) is 18.6. The Morgan fingerprint density at radius 3 is 2.11 bits per heavy atom. The van der Waals surface area contributed by atoms with Gasteiger partial charge in [0.15, 0.2) is 5.43 Å². The molecule has 1 heterocycles. The third kappa shape index (κ3) is 4.62. The standard InChI is InChI=1S/C15H10O10S2/c16-15-12-6-5-11(25-27(20,21)22)7-14(12)23-8-13(15)9-1-3-10(4-2-9)24-26(17,18)19/h1-8H,(H,17,18,19)(H,20,21,22)/i1D,2D,3D,4D,5D,7D. The van der Waals surface area contributed by atoms with Crippen LogP contribution in [0.25, 0.3) is 22.1 Å². The fourth-order valence-corrected chi connectivity index (χ4v) is 2.49. The van der Waals surface area contributed by atoms with Gasteiger partial charge < -0.3 is 12.8 Å². The van der Waals surface area contributed by atoms with E-state index >= 15 is 0 Å². The third-order valence-electron chi connectivity index (χ3n) is 2.85. The highest BCUT2D eigenvalue weighted by atomic mass is 32.3. The molecule has 0 spiro atoms. The van der Waals surface area contributed by atoms with Gasteiger partial charge in [0, 0.05) is 6.04 Å². The van der Waals surface area contributed by atoms with E-state index in [1.165, 1.54) is 0 Å². The molecule has 0 aliphatic carbocycles. The van der Waals surface area contributed by atoms with Crippen molar-refractivity contribution in [3.8, 4) is 22.6 Å². The van der Waals surface area contributed by atoms with Crippen LogP contribution < -0.4 is 13.8 Å². The first kappa shape index (κ1) is 12.5. The Hall–Kier alpha value is -2.93.